The van der Waals surface area contributed by atoms with Crippen LogP contribution in [0.15, 0.2) is 71.6 Å². The number of halogens is 1. The molecule has 0 aliphatic carbocycles. The molecule has 2 heteroatoms. The Morgan fingerprint density at radius 3 is 2.36 bits per heavy atom. The van der Waals surface area contributed by atoms with Crippen LogP contribution >= 0.6 is 23.4 Å². The van der Waals surface area contributed by atoms with Crippen LogP contribution in [0, 0.1) is 6.07 Å². The lowest BCUT2D eigenvalue weighted by Crippen LogP contribution is -1.90. The molecular formula is C20H16ClS. The van der Waals surface area contributed by atoms with E-state index in [0.29, 0.717) is 0 Å². The lowest BCUT2D eigenvalue weighted by atomic mass is 10.0. The first-order valence-electron chi connectivity index (χ1n) is 7.15. The van der Waals surface area contributed by atoms with Crippen molar-refractivity contribution in [2.24, 2.45) is 0 Å². The smallest absolute Gasteiger partial charge is 0.0406 e. The van der Waals surface area contributed by atoms with Gasteiger partial charge < -0.3 is 0 Å². The zero-order valence-corrected chi connectivity index (χ0v) is 13.9. The van der Waals surface area contributed by atoms with Gasteiger partial charge in [-0.15, -0.1) is 11.8 Å². The quantitative estimate of drug-likeness (QED) is 0.521. The lowest BCUT2D eigenvalue weighted by molar-refractivity contribution is 1.17. The second-order valence-electron chi connectivity index (χ2n) is 5.12. The predicted octanol–water partition coefficient (Wildman–Crippen LogP) is 6.12. The normalized spacial score (nSPS) is 10.6. The molecule has 0 spiro atoms. The van der Waals surface area contributed by atoms with E-state index in [1.807, 2.05) is 30.3 Å². The van der Waals surface area contributed by atoms with E-state index < -0.39 is 0 Å². The largest absolute Gasteiger partial charge is 0.129 e. The van der Waals surface area contributed by atoms with Crippen LogP contribution in [0.5, 0.6) is 0 Å². The first-order valence-corrected chi connectivity index (χ1v) is 8.75. The van der Waals surface area contributed by atoms with Crippen molar-refractivity contribution in [2.75, 3.05) is 6.26 Å². The number of thioether (sulfide) groups is 1. The van der Waals surface area contributed by atoms with Crippen molar-refractivity contribution in [1.82, 2.24) is 0 Å². The zero-order chi connectivity index (χ0) is 15.4. The summed E-state index contributed by atoms with van der Waals surface area (Å²) in [6, 6.07) is 26.3. The van der Waals surface area contributed by atoms with Gasteiger partial charge in [0.15, 0.2) is 0 Å². The number of benzene rings is 3. The Morgan fingerprint density at radius 1 is 0.955 bits per heavy atom. The third kappa shape index (κ3) is 3.55. The number of hydrogen-bond donors (Lipinski definition) is 0. The number of rotatable bonds is 4. The Bertz CT molecular complexity index is 748. The topological polar surface area (TPSA) is 0 Å². The molecule has 0 unspecified atom stereocenters. The van der Waals surface area contributed by atoms with Gasteiger partial charge in [0, 0.05) is 15.5 Å². The summed E-state index contributed by atoms with van der Waals surface area (Å²) < 4.78 is 0. The fourth-order valence-electron chi connectivity index (χ4n) is 2.45. The molecule has 0 saturated carbocycles. The highest BCUT2D eigenvalue weighted by atomic mass is 35.5. The Balaban J connectivity index is 1.92. The highest BCUT2D eigenvalue weighted by Crippen LogP contribution is 2.32. The molecule has 0 nitrogen and oxygen atoms in total. The maximum Gasteiger partial charge on any atom is 0.0406 e. The molecule has 0 amide bonds. The van der Waals surface area contributed by atoms with Gasteiger partial charge in [-0.3, -0.25) is 0 Å². The average Bonchev–Trinajstić information content (AvgIpc) is 2.56. The summed E-state index contributed by atoms with van der Waals surface area (Å²) in [5.41, 5.74) is 4.90. The summed E-state index contributed by atoms with van der Waals surface area (Å²) in [5.74, 6) is 0. The lowest BCUT2D eigenvalue weighted by Gasteiger charge is -2.10. The van der Waals surface area contributed by atoms with Crippen molar-refractivity contribution in [2.45, 2.75) is 11.3 Å². The Labute approximate surface area is 141 Å². The molecule has 0 aliphatic rings. The van der Waals surface area contributed by atoms with Crippen molar-refractivity contribution in [3.8, 4) is 11.1 Å². The van der Waals surface area contributed by atoms with Gasteiger partial charge in [-0.25, -0.2) is 0 Å². The molecular weight excluding hydrogens is 308 g/mol. The standard InChI is InChI=1S/C20H16ClS/c1-22-20-14-16(13-15-5-3-2-4-6-15)7-12-19(20)17-8-10-18(21)11-9-17/h2-11,14H,13H2,1H3. The molecule has 3 rings (SSSR count). The van der Waals surface area contributed by atoms with Gasteiger partial charge in [0.25, 0.3) is 0 Å². The molecule has 3 aromatic rings. The molecule has 0 aromatic heterocycles. The minimum atomic E-state index is 0.759. The van der Waals surface area contributed by atoms with E-state index in [1.165, 1.54) is 16.0 Å². The van der Waals surface area contributed by atoms with Crippen molar-refractivity contribution >= 4 is 23.4 Å². The fourth-order valence-corrected chi connectivity index (χ4v) is 3.23. The van der Waals surface area contributed by atoms with Gasteiger partial charge >= 0.3 is 0 Å². The van der Waals surface area contributed by atoms with Crippen molar-refractivity contribution in [1.29, 1.82) is 0 Å². The molecule has 0 heterocycles. The maximum atomic E-state index is 5.97. The summed E-state index contributed by atoms with van der Waals surface area (Å²) in [5, 5.41) is 0.759. The average molecular weight is 324 g/mol. The molecule has 3 aromatic carbocycles. The third-order valence-corrected chi connectivity index (χ3v) is 4.58. The molecule has 0 N–H and O–H groups in total. The van der Waals surface area contributed by atoms with Crippen LogP contribution in [0.3, 0.4) is 0 Å². The minimum Gasteiger partial charge on any atom is -0.129 e. The minimum absolute atomic E-state index is 0.759. The summed E-state index contributed by atoms with van der Waals surface area (Å²) in [6.07, 6.45) is 3.04. The van der Waals surface area contributed by atoms with E-state index in [9.17, 15) is 0 Å². The molecule has 109 valence electrons. The summed E-state index contributed by atoms with van der Waals surface area (Å²) in [4.78, 5) is 1.25. The Morgan fingerprint density at radius 2 is 1.68 bits per heavy atom. The van der Waals surface area contributed by atoms with E-state index in [-0.39, 0.29) is 0 Å². The molecule has 0 bridgehead atoms. The summed E-state index contributed by atoms with van der Waals surface area (Å²) in [7, 11) is 0. The fraction of sp³-hybridized carbons (Fsp3) is 0.100. The van der Waals surface area contributed by atoms with Crippen molar-refractivity contribution in [3.05, 3.63) is 88.9 Å². The van der Waals surface area contributed by atoms with Crippen LogP contribution in [0.4, 0.5) is 0 Å². The third-order valence-electron chi connectivity index (χ3n) is 3.57. The van der Waals surface area contributed by atoms with E-state index >= 15 is 0 Å². The van der Waals surface area contributed by atoms with Crippen LogP contribution in [-0.4, -0.2) is 6.26 Å². The Hall–Kier alpha value is -1.70. The van der Waals surface area contributed by atoms with E-state index in [2.05, 4.69) is 48.7 Å². The van der Waals surface area contributed by atoms with Crippen LogP contribution in [0.25, 0.3) is 11.1 Å². The zero-order valence-electron chi connectivity index (χ0n) is 12.3. The monoisotopic (exact) mass is 323 g/mol. The summed E-state index contributed by atoms with van der Waals surface area (Å²) >= 11 is 7.73. The summed E-state index contributed by atoms with van der Waals surface area (Å²) in [6.45, 7) is 0. The van der Waals surface area contributed by atoms with E-state index in [4.69, 9.17) is 11.6 Å². The van der Waals surface area contributed by atoms with Gasteiger partial charge in [-0.1, -0.05) is 60.1 Å². The van der Waals surface area contributed by atoms with Gasteiger partial charge in [0.05, 0.1) is 0 Å². The van der Waals surface area contributed by atoms with Gasteiger partial charge in [0.2, 0.25) is 0 Å². The van der Waals surface area contributed by atoms with Crippen molar-refractivity contribution in [3.63, 3.8) is 0 Å². The predicted molar refractivity (Wildman–Crippen MR) is 96.8 cm³/mol. The SMILES string of the molecule is CSc1cc(Cc2ccccc2)c[c]c1-c1ccc(Cl)cc1. The van der Waals surface area contributed by atoms with Gasteiger partial charge in [0.1, 0.15) is 0 Å². The van der Waals surface area contributed by atoms with Crippen LogP contribution < -0.4 is 0 Å². The maximum absolute atomic E-state index is 5.97. The Kier molecular flexibility index (Phi) is 4.87. The van der Waals surface area contributed by atoms with Crippen LogP contribution in [-0.2, 0) is 6.42 Å². The highest BCUT2D eigenvalue weighted by molar-refractivity contribution is 7.98. The second-order valence-corrected chi connectivity index (χ2v) is 6.41. The molecule has 22 heavy (non-hydrogen) atoms. The molecule has 0 atom stereocenters. The number of hydrogen-bond acceptors (Lipinski definition) is 1. The van der Waals surface area contributed by atoms with E-state index in [1.54, 1.807) is 11.8 Å². The van der Waals surface area contributed by atoms with Gasteiger partial charge in [-0.05, 0) is 53.6 Å². The first-order chi connectivity index (χ1) is 10.8. The molecule has 0 saturated heterocycles. The molecule has 0 fully saturated rings. The van der Waals surface area contributed by atoms with E-state index in [0.717, 1.165) is 22.6 Å². The first kappa shape index (κ1) is 15.2. The van der Waals surface area contributed by atoms with Gasteiger partial charge in [-0.2, -0.15) is 0 Å². The van der Waals surface area contributed by atoms with Crippen LogP contribution in [0.2, 0.25) is 5.02 Å². The second kappa shape index (κ2) is 7.04. The molecule has 0 aliphatic heterocycles. The van der Waals surface area contributed by atoms with Crippen LogP contribution in [0.1, 0.15) is 11.1 Å². The highest BCUT2D eigenvalue weighted by Gasteiger charge is 2.07. The molecule has 1 radical (unpaired) electrons. The van der Waals surface area contributed by atoms with Crippen molar-refractivity contribution < 1.29 is 0 Å².